The standard InChI is InChI=1S/C16H26N2O/c1-12-9-13(2)15(14(10-12)19-6)16(3)11-17(4)7-8-18(16)5/h9-10H,7-8,11H2,1-6H3. The maximum atomic E-state index is 5.66. The molecule has 1 fully saturated rings. The molecule has 0 saturated carbocycles. The van der Waals surface area contributed by atoms with E-state index in [1.54, 1.807) is 7.11 Å². The minimum absolute atomic E-state index is 0.0100. The van der Waals surface area contributed by atoms with Gasteiger partial charge in [-0.1, -0.05) is 6.07 Å². The highest BCUT2D eigenvalue weighted by molar-refractivity contribution is 5.47. The molecular formula is C16H26N2O. The molecule has 0 spiro atoms. The Hall–Kier alpha value is -1.06. The fourth-order valence-electron chi connectivity index (χ4n) is 3.34. The molecule has 1 aromatic rings. The molecule has 0 aliphatic carbocycles. The van der Waals surface area contributed by atoms with E-state index < -0.39 is 0 Å². The van der Waals surface area contributed by atoms with Crippen LogP contribution in [0.4, 0.5) is 0 Å². The molecule has 1 unspecified atom stereocenters. The first-order valence-electron chi connectivity index (χ1n) is 6.94. The highest BCUT2D eigenvalue weighted by Crippen LogP contribution is 2.39. The van der Waals surface area contributed by atoms with Gasteiger partial charge in [0.1, 0.15) is 5.75 Å². The third-order valence-corrected chi connectivity index (χ3v) is 4.44. The zero-order chi connectivity index (χ0) is 14.2. The molecular weight excluding hydrogens is 236 g/mol. The average Bonchev–Trinajstić information content (AvgIpc) is 2.32. The van der Waals surface area contributed by atoms with Gasteiger partial charge in [-0.15, -0.1) is 0 Å². The number of likely N-dealkylation sites (N-methyl/N-ethyl adjacent to an activating group) is 2. The van der Waals surface area contributed by atoms with Gasteiger partial charge in [0.2, 0.25) is 0 Å². The van der Waals surface area contributed by atoms with Gasteiger partial charge in [0.15, 0.2) is 0 Å². The van der Waals surface area contributed by atoms with Crippen LogP contribution in [0.1, 0.15) is 23.6 Å². The zero-order valence-electron chi connectivity index (χ0n) is 13.1. The number of hydrogen-bond acceptors (Lipinski definition) is 3. The Morgan fingerprint density at radius 2 is 1.84 bits per heavy atom. The van der Waals surface area contributed by atoms with Gasteiger partial charge in [-0.2, -0.15) is 0 Å². The molecule has 3 heteroatoms. The van der Waals surface area contributed by atoms with Crippen molar-refractivity contribution in [2.24, 2.45) is 0 Å². The monoisotopic (exact) mass is 262 g/mol. The highest BCUT2D eigenvalue weighted by Gasteiger charge is 2.39. The summed E-state index contributed by atoms with van der Waals surface area (Å²) in [7, 11) is 6.18. The van der Waals surface area contributed by atoms with Crippen LogP contribution in [-0.2, 0) is 5.54 Å². The minimum atomic E-state index is 0.0100. The van der Waals surface area contributed by atoms with Crippen molar-refractivity contribution in [1.82, 2.24) is 9.80 Å². The van der Waals surface area contributed by atoms with Gasteiger partial charge in [-0.05, 0) is 52.1 Å². The molecule has 1 aliphatic rings. The quantitative estimate of drug-likeness (QED) is 0.814. The van der Waals surface area contributed by atoms with E-state index in [2.05, 4.69) is 56.8 Å². The SMILES string of the molecule is COc1cc(C)cc(C)c1C1(C)CN(C)CCN1C. The Balaban J connectivity index is 2.55. The van der Waals surface area contributed by atoms with Crippen molar-refractivity contribution in [3.63, 3.8) is 0 Å². The van der Waals surface area contributed by atoms with Crippen molar-refractivity contribution >= 4 is 0 Å². The molecule has 1 saturated heterocycles. The first-order valence-corrected chi connectivity index (χ1v) is 6.94. The number of aryl methyl sites for hydroxylation is 2. The summed E-state index contributed by atoms with van der Waals surface area (Å²) in [6, 6.07) is 4.40. The van der Waals surface area contributed by atoms with Crippen molar-refractivity contribution in [2.45, 2.75) is 26.3 Å². The Kier molecular flexibility index (Phi) is 3.88. The van der Waals surface area contributed by atoms with E-state index in [0.29, 0.717) is 0 Å². The summed E-state index contributed by atoms with van der Waals surface area (Å²) in [6.45, 7) is 9.88. The fraction of sp³-hybridized carbons (Fsp3) is 0.625. The van der Waals surface area contributed by atoms with Crippen LogP contribution in [0.5, 0.6) is 5.75 Å². The summed E-state index contributed by atoms with van der Waals surface area (Å²) in [6.07, 6.45) is 0. The molecule has 1 aliphatic heterocycles. The highest BCUT2D eigenvalue weighted by atomic mass is 16.5. The van der Waals surface area contributed by atoms with Crippen LogP contribution in [-0.4, -0.2) is 50.6 Å². The molecule has 0 bridgehead atoms. The first kappa shape index (κ1) is 14.4. The summed E-state index contributed by atoms with van der Waals surface area (Å²) in [4.78, 5) is 4.85. The molecule has 2 rings (SSSR count). The Bertz CT molecular complexity index is 472. The molecule has 0 N–H and O–H groups in total. The average molecular weight is 262 g/mol. The number of piperazine rings is 1. The van der Waals surface area contributed by atoms with Gasteiger partial charge >= 0.3 is 0 Å². The second-order valence-corrected chi connectivity index (χ2v) is 6.09. The van der Waals surface area contributed by atoms with Gasteiger partial charge < -0.3 is 9.64 Å². The minimum Gasteiger partial charge on any atom is -0.496 e. The lowest BCUT2D eigenvalue weighted by atomic mass is 9.83. The molecule has 1 atom stereocenters. The summed E-state index contributed by atoms with van der Waals surface area (Å²) >= 11 is 0. The number of hydrogen-bond donors (Lipinski definition) is 0. The van der Waals surface area contributed by atoms with Crippen LogP contribution in [0.3, 0.4) is 0 Å². The van der Waals surface area contributed by atoms with Crippen LogP contribution < -0.4 is 4.74 Å². The van der Waals surface area contributed by atoms with E-state index in [0.717, 1.165) is 25.4 Å². The topological polar surface area (TPSA) is 15.7 Å². The fourth-order valence-corrected chi connectivity index (χ4v) is 3.34. The first-order chi connectivity index (χ1) is 8.88. The van der Waals surface area contributed by atoms with Gasteiger partial charge in [0.25, 0.3) is 0 Å². The van der Waals surface area contributed by atoms with Crippen molar-refractivity contribution in [3.05, 3.63) is 28.8 Å². The maximum absolute atomic E-state index is 5.66. The molecule has 0 aromatic heterocycles. The van der Waals surface area contributed by atoms with Crippen LogP contribution in [0.15, 0.2) is 12.1 Å². The van der Waals surface area contributed by atoms with E-state index in [4.69, 9.17) is 4.74 Å². The van der Waals surface area contributed by atoms with E-state index in [9.17, 15) is 0 Å². The summed E-state index contributed by atoms with van der Waals surface area (Å²) in [5.74, 6) is 1.02. The van der Waals surface area contributed by atoms with Gasteiger partial charge in [-0.3, -0.25) is 4.90 Å². The number of benzene rings is 1. The smallest absolute Gasteiger partial charge is 0.124 e. The zero-order valence-corrected chi connectivity index (χ0v) is 13.1. The van der Waals surface area contributed by atoms with E-state index in [1.165, 1.54) is 16.7 Å². The lowest BCUT2D eigenvalue weighted by Crippen LogP contribution is -2.56. The molecule has 3 nitrogen and oxygen atoms in total. The van der Waals surface area contributed by atoms with E-state index in [1.807, 2.05) is 0 Å². The predicted molar refractivity (Wildman–Crippen MR) is 79.9 cm³/mol. The Labute approximate surface area is 117 Å². The second-order valence-electron chi connectivity index (χ2n) is 6.09. The Morgan fingerprint density at radius 3 is 2.47 bits per heavy atom. The molecule has 106 valence electrons. The Morgan fingerprint density at radius 1 is 1.16 bits per heavy atom. The number of methoxy groups -OCH3 is 1. The van der Waals surface area contributed by atoms with E-state index >= 15 is 0 Å². The van der Waals surface area contributed by atoms with Crippen LogP contribution >= 0.6 is 0 Å². The molecule has 0 radical (unpaired) electrons. The van der Waals surface area contributed by atoms with Gasteiger partial charge in [0, 0.05) is 25.2 Å². The van der Waals surface area contributed by atoms with Crippen molar-refractivity contribution < 1.29 is 4.74 Å². The summed E-state index contributed by atoms with van der Waals surface area (Å²) in [5, 5.41) is 0. The maximum Gasteiger partial charge on any atom is 0.124 e. The molecule has 19 heavy (non-hydrogen) atoms. The third kappa shape index (κ3) is 2.49. The predicted octanol–water partition coefficient (Wildman–Crippen LogP) is 2.40. The lowest BCUT2D eigenvalue weighted by molar-refractivity contribution is 0.0358. The summed E-state index contributed by atoms with van der Waals surface area (Å²) < 4.78 is 5.66. The van der Waals surface area contributed by atoms with Gasteiger partial charge in [-0.25, -0.2) is 0 Å². The van der Waals surface area contributed by atoms with Crippen LogP contribution in [0.25, 0.3) is 0 Å². The number of rotatable bonds is 2. The number of ether oxygens (including phenoxy) is 1. The van der Waals surface area contributed by atoms with Crippen molar-refractivity contribution in [1.29, 1.82) is 0 Å². The largest absolute Gasteiger partial charge is 0.496 e. The van der Waals surface area contributed by atoms with Crippen LogP contribution in [0, 0.1) is 13.8 Å². The summed E-state index contributed by atoms with van der Waals surface area (Å²) in [5.41, 5.74) is 3.92. The normalized spacial score (nSPS) is 25.6. The molecule has 1 aromatic carbocycles. The second kappa shape index (κ2) is 5.14. The van der Waals surface area contributed by atoms with Crippen LogP contribution in [0.2, 0.25) is 0 Å². The third-order valence-electron chi connectivity index (χ3n) is 4.44. The lowest BCUT2D eigenvalue weighted by Gasteiger charge is -2.47. The van der Waals surface area contributed by atoms with Crippen molar-refractivity contribution in [3.8, 4) is 5.75 Å². The molecule has 1 heterocycles. The molecule has 0 amide bonds. The number of nitrogens with zero attached hydrogens (tertiary/aromatic N) is 2. The van der Waals surface area contributed by atoms with E-state index in [-0.39, 0.29) is 5.54 Å². The van der Waals surface area contributed by atoms with Gasteiger partial charge in [0.05, 0.1) is 12.6 Å². The van der Waals surface area contributed by atoms with Crippen molar-refractivity contribution in [2.75, 3.05) is 40.8 Å².